The molecule has 2 rings (SSSR count). The minimum Gasteiger partial charge on any atom is -0.496 e. The zero-order valence-corrected chi connectivity index (χ0v) is 12.5. The fourth-order valence-corrected chi connectivity index (χ4v) is 2.23. The summed E-state index contributed by atoms with van der Waals surface area (Å²) in [4.78, 5) is 3.97. The normalized spacial score (nSPS) is 10.2. The number of hydrogen-bond donors (Lipinski definition) is 1. The Labute approximate surface area is 121 Å². The molecule has 0 bridgehead atoms. The van der Waals surface area contributed by atoms with Crippen LogP contribution in [-0.4, -0.2) is 12.1 Å². The maximum absolute atomic E-state index is 13.6. The minimum absolute atomic E-state index is 0.176. The van der Waals surface area contributed by atoms with Gasteiger partial charge >= 0.3 is 0 Å². The number of halogens is 3. The maximum Gasteiger partial charge on any atom is 0.166 e. The van der Waals surface area contributed by atoms with E-state index < -0.39 is 5.82 Å². The molecular weight excluding hydrogens is 367 g/mol. The van der Waals surface area contributed by atoms with Gasteiger partial charge in [0, 0.05) is 16.4 Å². The predicted octanol–water partition coefficient (Wildman–Crippen LogP) is 4.50. The number of ether oxygens (including phenoxy) is 1. The van der Waals surface area contributed by atoms with Gasteiger partial charge in [0.05, 0.1) is 11.6 Å². The number of anilines is 2. The molecule has 0 saturated heterocycles. The number of aromatic nitrogens is 1. The van der Waals surface area contributed by atoms with Crippen LogP contribution in [0.3, 0.4) is 0 Å². The third-order valence-corrected chi connectivity index (χ3v) is 3.28. The van der Waals surface area contributed by atoms with Crippen molar-refractivity contribution in [1.82, 2.24) is 4.98 Å². The lowest BCUT2D eigenvalue weighted by atomic mass is 10.3. The molecule has 3 nitrogen and oxygen atoms in total. The summed E-state index contributed by atoms with van der Waals surface area (Å²) in [7, 11) is 1.59. The molecule has 1 aromatic heterocycles. The molecule has 0 saturated carbocycles. The van der Waals surface area contributed by atoms with Gasteiger partial charge in [-0.15, -0.1) is 0 Å². The average Bonchev–Trinajstić information content (AvgIpc) is 2.33. The summed E-state index contributed by atoms with van der Waals surface area (Å²) >= 11 is 6.52. The van der Waals surface area contributed by atoms with Crippen molar-refractivity contribution in [3.63, 3.8) is 0 Å². The first-order valence-corrected chi connectivity index (χ1v) is 6.60. The van der Waals surface area contributed by atoms with Crippen molar-refractivity contribution in [2.45, 2.75) is 0 Å². The number of nitrogens with zero attached hydrogens (tertiary/aromatic N) is 1. The van der Waals surface area contributed by atoms with Crippen LogP contribution in [0.1, 0.15) is 0 Å². The largest absolute Gasteiger partial charge is 0.496 e. The average molecular weight is 376 g/mol. The van der Waals surface area contributed by atoms with Crippen molar-refractivity contribution in [2.75, 3.05) is 12.4 Å². The molecule has 0 spiro atoms. The van der Waals surface area contributed by atoms with Gasteiger partial charge in [0.2, 0.25) is 0 Å². The summed E-state index contributed by atoms with van der Waals surface area (Å²) in [5.41, 5.74) is 0.719. The van der Waals surface area contributed by atoms with Gasteiger partial charge in [-0.05, 0) is 56.1 Å². The SMILES string of the molecule is COc1ccc(Nc2ncc(Br)cc2F)cc1Br. The van der Waals surface area contributed by atoms with Crippen LogP contribution < -0.4 is 10.1 Å². The highest BCUT2D eigenvalue weighted by Crippen LogP contribution is 2.29. The lowest BCUT2D eigenvalue weighted by Gasteiger charge is -2.09. The summed E-state index contributed by atoms with van der Waals surface area (Å²) < 4.78 is 20.1. The monoisotopic (exact) mass is 374 g/mol. The molecular formula is C12H9Br2FN2O. The molecule has 6 heteroatoms. The molecule has 0 amide bonds. The Kier molecular flexibility index (Phi) is 4.19. The maximum atomic E-state index is 13.6. The second-order valence-electron chi connectivity index (χ2n) is 3.46. The number of hydrogen-bond acceptors (Lipinski definition) is 3. The minimum atomic E-state index is -0.420. The Morgan fingerprint density at radius 2 is 2.06 bits per heavy atom. The first kappa shape index (κ1) is 13.3. The predicted molar refractivity (Wildman–Crippen MR) is 75.9 cm³/mol. The number of methoxy groups -OCH3 is 1. The van der Waals surface area contributed by atoms with Crippen molar-refractivity contribution in [2.24, 2.45) is 0 Å². The molecule has 2 aromatic rings. The van der Waals surface area contributed by atoms with Gasteiger partial charge in [0.1, 0.15) is 5.75 Å². The number of nitrogens with one attached hydrogen (secondary N) is 1. The molecule has 1 aromatic carbocycles. The van der Waals surface area contributed by atoms with Crippen molar-refractivity contribution < 1.29 is 9.13 Å². The number of benzene rings is 1. The van der Waals surface area contributed by atoms with E-state index in [0.29, 0.717) is 10.2 Å². The van der Waals surface area contributed by atoms with Crippen LogP contribution in [0.4, 0.5) is 15.9 Å². The standard InChI is InChI=1S/C12H9Br2FN2O/c1-18-11-3-2-8(5-9(11)14)17-12-10(15)4-7(13)6-16-12/h2-6H,1H3,(H,16,17). The highest BCUT2D eigenvalue weighted by molar-refractivity contribution is 9.10. The third kappa shape index (κ3) is 3.00. The summed E-state index contributed by atoms with van der Waals surface area (Å²) in [5.74, 6) is 0.469. The molecule has 0 atom stereocenters. The van der Waals surface area contributed by atoms with Crippen LogP contribution in [-0.2, 0) is 0 Å². The van der Waals surface area contributed by atoms with Crippen LogP contribution in [0.25, 0.3) is 0 Å². The molecule has 0 unspecified atom stereocenters. The van der Waals surface area contributed by atoms with Gasteiger partial charge in [-0.1, -0.05) is 0 Å². The molecule has 1 N–H and O–H groups in total. The van der Waals surface area contributed by atoms with Crippen LogP contribution in [0, 0.1) is 5.82 Å². The van der Waals surface area contributed by atoms with Gasteiger partial charge in [0.15, 0.2) is 11.6 Å². The zero-order valence-electron chi connectivity index (χ0n) is 9.38. The molecule has 94 valence electrons. The van der Waals surface area contributed by atoms with E-state index in [-0.39, 0.29) is 5.82 Å². The summed E-state index contributed by atoms with van der Waals surface area (Å²) in [6, 6.07) is 6.71. The first-order valence-electron chi connectivity index (χ1n) is 5.02. The summed E-state index contributed by atoms with van der Waals surface area (Å²) in [5, 5.41) is 2.90. The third-order valence-electron chi connectivity index (χ3n) is 2.22. The van der Waals surface area contributed by atoms with E-state index in [1.165, 1.54) is 12.3 Å². The van der Waals surface area contributed by atoms with E-state index in [1.807, 2.05) is 0 Å². The highest BCUT2D eigenvalue weighted by Gasteiger charge is 2.06. The molecule has 18 heavy (non-hydrogen) atoms. The second-order valence-corrected chi connectivity index (χ2v) is 5.23. The number of pyridine rings is 1. The van der Waals surface area contributed by atoms with Crippen molar-refractivity contribution in [3.05, 3.63) is 45.2 Å². The quantitative estimate of drug-likeness (QED) is 0.857. The lowest BCUT2D eigenvalue weighted by molar-refractivity contribution is 0.412. The van der Waals surface area contributed by atoms with E-state index in [1.54, 1.807) is 25.3 Å². The zero-order chi connectivity index (χ0) is 13.1. The van der Waals surface area contributed by atoms with Gasteiger partial charge in [-0.2, -0.15) is 0 Å². The second kappa shape index (κ2) is 5.67. The Bertz CT molecular complexity index is 578. The topological polar surface area (TPSA) is 34.1 Å². The van der Waals surface area contributed by atoms with Gasteiger partial charge in [-0.25, -0.2) is 9.37 Å². The van der Waals surface area contributed by atoms with Crippen LogP contribution in [0.2, 0.25) is 0 Å². The summed E-state index contributed by atoms with van der Waals surface area (Å²) in [6.07, 6.45) is 1.53. The fourth-order valence-electron chi connectivity index (χ4n) is 1.39. The van der Waals surface area contributed by atoms with E-state index in [2.05, 4.69) is 42.2 Å². The highest BCUT2D eigenvalue weighted by atomic mass is 79.9. The molecule has 0 aliphatic rings. The molecule has 0 fully saturated rings. The van der Waals surface area contributed by atoms with E-state index in [9.17, 15) is 4.39 Å². The molecule has 0 aliphatic carbocycles. The number of rotatable bonds is 3. The van der Waals surface area contributed by atoms with Gasteiger partial charge in [0.25, 0.3) is 0 Å². The van der Waals surface area contributed by atoms with E-state index >= 15 is 0 Å². The molecule has 0 aliphatic heterocycles. The smallest absolute Gasteiger partial charge is 0.166 e. The van der Waals surface area contributed by atoms with Gasteiger partial charge < -0.3 is 10.1 Å². The Balaban J connectivity index is 2.26. The van der Waals surface area contributed by atoms with E-state index in [0.717, 1.165) is 10.2 Å². The van der Waals surface area contributed by atoms with E-state index in [4.69, 9.17) is 4.74 Å². The van der Waals surface area contributed by atoms with Crippen molar-refractivity contribution in [1.29, 1.82) is 0 Å². The van der Waals surface area contributed by atoms with Crippen LogP contribution >= 0.6 is 31.9 Å². The first-order chi connectivity index (χ1) is 8.60. The van der Waals surface area contributed by atoms with Crippen LogP contribution in [0.15, 0.2) is 39.4 Å². The Morgan fingerprint density at radius 1 is 1.28 bits per heavy atom. The van der Waals surface area contributed by atoms with Crippen molar-refractivity contribution in [3.8, 4) is 5.75 Å². The molecule has 0 radical (unpaired) electrons. The van der Waals surface area contributed by atoms with Crippen molar-refractivity contribution >= 4 is 43.4 Å². The Hall–Kier alpha value is -1.14. The van der Waals surface area contributed by atoms with Crippen LogP contribution in [0.5, 0.6) is 5.75 Å². The van der Waals surface area contributed by atoms with Gasteiger partial charge in [-0.3, -0.25) is 0 Å². The molecule has 1 heterocycles. The lowest BCUT2D eigenvalue weighted by Crippen LogP contribution is -1.97. The Morgan fingerprint density at radius 3 is 2.67 bits per heavy atom. The fraction of sp³-hybridized carbons (Fsp3) is 0.0833. The summed E-state index contributed by atoms with van der Waals surface area (Å²) in [6.45, 7) is 0.